The van der Waals surface area contributed by atoms with E-state index < -0.39 is 11.2 Å². The zero-order chi connectivity index (χ0) is 10.1. The Hall–Kier alpha value is -0.730. The molecular weight excluding hydrogens is 192 g/mol. The van der Waals surface area contributed by atoms with Crippen LogP contribution in [0.3, 0.4) is 0 Å². The summed E-state index contributed by atoms with van der Waals surface area (Å²) in [5.74, 6) is 0.722. The summed E-state index contributed by atoms with van der Waals surface area (Å²) in [6.45, 7) is 4.20. The van der Waals surface area contributed by atoms with Gasteiger partial charge >= 0.3 is 0 Å². The molecule has 0 spiro atoms. The number of hydrogen-bond donors (Lipinski definition) is 0. The molecule has 1 aromatic carbocycles. The van der Waals surface area contributed by atoms with E-state index in [1.165, 1.54) is 16.7 Å². The third-order valence-corrected chi connectivity index (χ3v) is 4.13. The molecule has 1 atom stereocenters. The minimum absolute atomic E-state index is 0.722. The molecule has 2 rings (SSSR count). The summed E-state index contributed by atoms with van der Waals surface area (Å²) in [4.78, 5) is 1.03. The van der Waals surface area contributed by atoms with E-state index in [0.717, 1.165) is 17.1 Å². The predicted octanol–water partition coefficient (Wildman–Crippen LogP) is 2.69. The molecule has 2 heteroatoms. The van der Waals surface area contributed by atoms with E-state index in [2.05, 4.69) is 19.9 Å². The van der Waals surface area contributed by atoms with Crippen LogP contribution in [0, 0.1) is 0 Å². The smallest absolute Gasteiger partial charge is 0.156 e. The molecule has 0 radical (unpaired) electrons. The molecule has 1 nitrogen and oxygen atoms in total. The first-order valence-electron chi connectivity index (χ1n) is 4.80. The van der Waals surface area contributed by atoms with Gasteiger partial charge in [-0.3, -0.25) is 0 Å². The predicted molar refractivity (Wildman–Crippen MR) is 59.8 cm³/mol. The number of fused-ring (bicyclic) bond motifs is 1. The summed E-state index contributed by atoms with van der Waals surface area (Å²) in [6.07, 6.45) is 0.976. The van der Waals surface area contributed by atoms with Gasteiger partial charge < -0.3 is 4.55 Å². The van der Waals surface area contributed by atoms with E-state index in [9.17, 15) is 4.55 Å². The zero-order valence-electron chi connectivity index (χ0n) is 8.54. The normalized spacial score (nSPS) is 20.5. The van der Waals surface area contributed by atoms with Gasteiger partial charge in [-0.15, -0.1) is 0 Å². The van der Waals surface area contributed by atoms with Crippen molar-refractivity contribution in [2.75, 3.05) is 5.75 Å². The van der Waals surface area contributed by atoms with Gasteiger partial charge in [-0.2, -0.15) is 0 Å². The molecule has 1 heterocycles. The fraction of sp³-hybridized carbons (Fsp3) is 0.333. The lowest BCUT2D eigenvalue weighted by atomic mass is 10.0. The van der Waals surface area contributed by atoms with Crippen LogP contribution in [0.4, 0.5) is 0 Å². The van der Waals surface area contributed by atoms with Crippen molar-refractivity contribution in [3.63, 3.8) is 0 Å². The van der Waals surface area contributed by atoms with Gasteiger partial charge in [-0.25, -0.2) is 0 Å². The first kappa shape index (κ1) is 9.81. The molecule has 0 N–H and O–H groups in total. The average Bonchev–Trinajstić information content (AvgIpc) is 2.17. The number of allylic oxidation sites excluding steroid dienone is 1. The maximum atomic E-state index is 11.9. The van der Waals surface area contributed by atoms with Crippen molar-refractivity contribution < 1.29 is 4.55 Å². The van der Waals surface area contributed by atoms with Crippen LogP contribution in [0.2, 0.25) is 0 Å². The molecule has 0 fully saturated rings. The van der Waals surface area contributed by atoms with Crippen molar-refractivity contribution in [3.8, 4) is 0 Å². The molecule has 0 saturated carbocycles. The second kappa shape index (κ2) is 3.79. The molecule has 1 aliphatic heterocycles. The van der Waals surface area contributed by atoms with Crippen molar-refractivity contribution in [2.45, 2.75) is 25.2 Å². The molecule has 1 unspecified atom stereocenters. The van der Waals surface area contributed by atoms with Crippen LogP contribution in [0.1, 0.15) is 19.4 Å². The SMILES string of the molecule is CC(C)=C1Cc2ccccc2[S+]([O-])C1. The topological polar surface area (TPSA) is 23.1 Å². The maximum absolute atomic E-state index is 11.9. The van der Waals surface area contributed by atoms with Crippen LogP contribution in [0.5, 0.6) is 0 Å². The third-order valence-electron chi connectivity index (χ3n) is 2.63. The summed E-state index contributed by atoms with van der Waals surface area (Å²) in [5.41, 5.74) is 3.88. The first-order chi connectivity index (χ1) is 6.68. The monoisotopic (exact) mass is 206 g/mol. The minimum atomic E-state index is -0.824. The first-order valence-corrected chi connectivity index (χ1v) is 6.12. The standard InChI is InChI=1S/C12H14OS/c1-9(2)11-7-10-5-3-4-6-12(10)14(13)8-11/h3-6H,7-8H2,1-2H3. The number of hydrogen-bond acceptors (Lipinski definition) is 1. The number of benzene rings is 1. The molecule has 0 amide bonds. The molecule has 0 aliphatic carbocycles. The lowest BCUT2D eigenvalue weighted by molar-refractivity contribution is 0.593. The van der Waals surface area contributed by atoms with E-state index in [1.54, 1.807) is 0 Å². The highest BCUT2D eigenvalue weighted by molar-refractivity contribution is 7.91. The van der Waals surface area contributed by atoms with E-state index in [0.29, 0.717) is 0 Å². The Labute approximate surface area is 88.0 Å². The molecule has 1 aliphatic rings. The Kier molecular flexibility index (Phi) is 2.66. The van der Waals surface area contributed by atoms with Gasteiger partial charge in [-0.1, -0.05) is 23.8 Å². The van der Waals surface area contributed by atoms with Gasteiger partial charge in [0.25, 0.3) is 0 Å². The second-order valence-corrected chi connectivity index (χ2v) is 5.30. The van der Waals surface area contributed by atoms with Gasteiger partial charge in [0.1, 0.15) is 5.75 Å². The second-order valence-electron chi connectivity index (χ2n) is 3.88. The number of rotatable bonds is 0. The third kappa shape index (κ3) is 1.72. The summed E-state index contributed by atoms with van der Waals surface area (Å²) < 4.78 is 11.9. The van der Waals surface area contributed by atoms with E-state index >= 15 is 0 Å². The fourth-order valence-electron chi connectivity index (χ4n) is 1.71. The van der Waals surface area contributed by atoms with Crippen molar-refractivity contribution in [2.24, 2.45) is 0 Å². The molecule has 74 valence electrons. The molecule has 0 bridgehead atoms. The lowest BCUT2D eigenvalue weighted by Crippen LogP contribution is -2.19. The largest absolute Gasteiger partial charge is 0.611 e. The highest BCUT2D eigenvalue weighted by atomic mass is 32.2. The zero-order valence-corrected chi connectivity index (χ0v) is 9.36. The fourth-order valence-corrected chi connectivity index (χ4v) is 3.24. The lowest BCUT2D eigenvalue weighted by Gasteiger charge is -2.22. The van der Waals surface area contributed by atoms with Crippen LogP contribution in [0.25, 0.3) is 0 Å². The van der Waals surface area contributed by atoms with Crippen molar-refractivity contribution in [3.05, 3.63) is 41.0 Å². The Morgan fingerprint density at radius 2 is 2.00 bits per heavy atom. The van der Waals surface area contributed by atoms with Gasteiger partial charge in [0.15, 0.2) is 4.90 Å². The maximum Gasteiger partial charge on any atom is 0.156 e. The summed E-state index contributed by atoms with van der Waals surface area (Å²) in [6, 6.07) is 8.04. The van der Waals surface area contributed by atoms with Crippen LogP contribution in [-0.2, 0) is 17.6 Å². The quantitative estimate of drug-likeness (QED) is 0.473. The van der Waals surface area contributed by atoms with Crippen molar-refractivity contribution >= 4 is 11.2 Å². The summed E-state index contributed by atoms with van der Waals surface area (Å²) in [7, 11) is 0. The van der Waals surface area contributed by atoms with Crippen LogP contribution >= 0.6 is 0 Å². The summed E-state index contributed by atoms with van der Waals surface area (Å²) >= 11 is -0.824. The van der Waals surface area contributed by atoms with Gasteiger partial charge in [-0.05, 0) is 36.7 Å². The van der Waals surface area contributed by atoms with Crippen molar-refractivity contribution in [1.82, 2.24) is 0 Å². The van der Waals surface area contributed by atoms with Gasteiger partial charge in [0.05, 0.1) is 0 Å². The molecular formula is C12H14OS. The van der Waals surface area contributed by atoms with E-state index in [1.807, 2.05) is 18.2 Å². The highest BCUT2D eigenvalue weighted by Gasteiger charge is 2.24. The highest BCUT2D eigenvalue weighted by Crippen LogP contribution is 2.28. The van der Waals surface area contributed by atoms with Gasteiger partial charge in [0.2, 0.25) is 0 Å². The minimum Gasteiger partial charge on any atom is -0.611 e. The molecule has 0 aromatic heterocycles. The van der Waals surface area contributed by atoms with E-state index in [-0.39, 0.29) is 0 Å². The van der Waals surface area contributed by atoms with Crippen LogP contribution < -0.4 is 0 Å². The Bertz CT molecular complexity index is 378. The average molecular weight is 206 g/mol. The Morgan fingerprint density at radius 1 is 1.29 bits per heavy atom. The molecule has 14 heavy (non-hydrogen) atoms. The Balaban J connectivity index is 2.43. The van der Waals surface area contributed by atoms with Gasteiger partial charge in [0, 0.05) is 12.0 Å². The van der Waals surface area contributed by atoms with E-state index in [4.69, 9.17) is 0 Å². The molecule has 0 saturated heterocycles. The van der Waals surface area contributed by atoms with Crippen LogP contribution in [-0.4, -0.2) is 10.3 Å². The van der Waals surface area contributed by atoms with Crippen LogP contribution in [0.15, 0.2) is 40.3 Å². The Morgan fingerprint density at radius 3 is 2.71 bits per heavy atom. The molecule has 1 aromatic rings. The summed E-state index contributed by atoms with van der Waals surface area (Å²) in [5, 5.41) is 0. The van der Waals surface area contributed by atoms with Crippen molar-refractivity contribution in [1.29, 1.82) is 0 Å².